The molecule has 0 amide bonds. The number of imidazole rings is 1. The van der Waals surface area contributed by atoms with Crippen molar-refractivity contribution in [3.63, 3.8) is 0 Å². The molecule has 4 heteroatoms. The third kappa shape index (κ3) is 2.32. The highest BCUT2D eigenvalue weighted by Crippen LogP contribution is 2.28. The second-order valence-corrected chi connectivity index (χ2v) is 4.99. The number of hydrogen-bond donors (Lipinski definition) is 1. The molecule has 0 aliphatic heterocycles. The Morgan fingerprint density at radius 1 is 1.25 bits per heavy atom. The van der Waals surface area contributed by atoms with Crippen LogP contribution in [0.3, 0.4) is 0 Å². The third-order valence-corrected chi connectivity index (χ3v) is 3.23. The van der Waals surface area contributed by atoms with E-state index < -0.39 is 0 Å². The Morgan fingerprint density at radius 3 is 2.85 bits per heavy atom. The van der Waals surface area contributed by atoms with Crippen molar-refractivity contribution in [3.8, 4) is 5.75 Å². The lowest BCUT2D eigenvalue weighted by molar-refractivity contribution is 0.301. The second-order valence-electron chi connectivity index (χ2n) is 4.99. The van der Waals surface area contributed by atoms with Crippen molar-refractivity contribution in [2.24, 2.45) is 0 Å². The molecule has 0 saturated carbocycles. The summed E-state index contributed by atoms with van der Waals surface area (Å²) >= 11 is 0. The summed E-state index contributed by atoms with van der Waals surface area (Å²) in [6.07, 6.45) is 3.94. The van der Waals surface area contributed by atoms with Crippen LogP contribution in [-0.4, -0.2) is 9.38 Å². The van der Waals surface area contributed by atoms with Crippen molar-refractivity contribution in [3.05, 3.63) is 59.5 Å². The number of fused-ring (bicyclic) bond motifs is 1. The van der Waals surface area contributed by atoms with E-state index in [1.54, 1.807) is 0 Å². The van der Waals surface area contributed by atoms with Gasteiger partial charge in [0.25, 0.3) is 0 Å². The molecule has 0 atom stereocenters. The molecule has 0 aliphatic rings. The van der Waals surface area contributed by atoms with E-state index in [1.165, 1.54) is 0 Å². The molecule has 2 N–H and O–H groups in total. The van der Waals surface area contributed by atoms with Crippen LogP contribution >= 0.6 is 0 Å². The van der Waals surface area contributed by atoms with Crippen molar-refractivity contribution in [1.82, 2.24) is 9.38 Å². The van der Waals surface area contributed by atoms with E-state index in [0.29, 0.717) is 12.3 Å². The van der Waals surface area contributed by atoms with Gasteiger partial charge in [0.15, 0.2) is 0 Å². The molecule has 3 rings (SSSR count). The van der Waals surface area contributed by atoms with E-state index in [-0.39, 0.29) is 0 Å². The Kier molecular flexibility index (Phi) is 3.06. The molecule has 0 spiro atoms. The van der Waals surface area contributed by atoms with Crippen LogP contribution in [-0.2, 0) is 6.61 Å². The number of nitrogens with two attached hydrogens (primary N) is 1. The zero-order valence-corrected chi connectivity index (χ0v) is 11.6. The Labute approximate surface area is 117 Å². The molecule has 0 saturated heterocycles. The van der Waals surface area contributed by atoms with Gasteiger partial charge in [-0.2, -0.15) is 0 Å². The van der Waals surface area contributed by atoms with Gasteiger partial charge in [-0.1, -0.05) is 12.1 Å². The summed E-state index contributed by atoms with van der Waals surface area (Å²) in [7, 11) is 0. The Bertz CT molecular complexity index is 705. The first-order valence-electron chi connectivity index (χ1n) is 6.55. The molecule has 1 aromatic carbocycles. The number of nitrogens with zero attached hydrogens (tertiary/aromatic N) is 2. The minimum Gasteiger partial charge on any atom is -0.485 e. The minimum absolute atomic E-state index is 0.412. The topological polar surface area (TPSA) is 52.5 Å². The number of hydrogen-bond acceptors (Lipinski definition) is 3. The molecule has 102 valence electrons. The molecule has 0 radical (unpaired) electrons. The first-order chi connectivity index (χ1) is 9.63. The fourth-order valence-corrected chi connectivity index (χ4v) is 2.39. The maximum absolute atomic E-state index is 6.01. The zero-order chi connectivity index (χ0) is 14.1. The van der Waals surface area contributed by atoms with Crippen LogP contribution in [0.1, 0.15) is 16.8 Å². The van der Waals surface area contributed by atoms with E-state index >= 15 is 0 Å². The van der Waals surface area contributed by atoms with E-state index in [4.69, 9.17) is 10.5 Å². The first-order valence-corrected chi connectivity index (χ1v) is 6.55. The van der Waals surface area contributed by atoms with Gasteiger partial charge >= 0.3 is 0 Å². The van der Waals surface area contributed by atoms with Crippen LogP contribution in [0.2, 0.25) is 0 Å². The molecule has 3 aromatic rings. The van der Waals surface area contributed by atoms with Gasteiger partial charge in [-0.25, -0.2) is 4.98 Å². The van der Waals surface area contributed by atoms with E-state index in [9.17, 15) is 0 Å². The first kappa shape index (κ1) is 12.5. The van der Waals surface area contributed by atoms with Crippen LogP contribution in [0.15, 0.2) is 42.7 Å². The van der Waals surface area contributed by atoms with E-state index in [0.717, 1.165) is 28.2 Å². The summed E-state index contributed by atoms with van der Waals surface area (Å²) < 4.78 is 7.81. The molecule has 4 nitrogen and oxygen atoms in total. The number of aromatic nitrogens is 2. The average molecular weight is 267 g/mol. The van der Waals surface area contributed by atoms with Gasteiger partial charge in [0.2, 0.25) is 0 Å². The maximum Gasteiger partial charge on any atom is 0.145 e. The average Bonchev–Trinajstić information content (AvgIpc) is 2.80. The Balaban J connectivity index is 1.83. The van der Waals surface area contributed by atoms with Gasteiger partial charge < -0.3 is 14.9 Å². The van der Waals surface area contributed by atoms with Crippen LogP contribution in [0.25, 0.3) is 5.65 Å². The highest BCUT2D eigenvalue weighted by atomic mass is 16.5. The monoisotopic (exact) mass is 267 g/mol. The molecular weight excluding hydrogens is 250 g/mol. The summed E-state index contributed by atoms with van der Waals surface area (Å²) in [5.74, 6) is 0.743. The summed E-state index contributed by atoms with van der Waals surface area (Å²) in [6, 6.07) is 9.90. The van der Waals surface area contributed by atoms with Gasteiger partial charge in [0, 0.05) is 12.4 Å². The Hall–Kier alpha value is -2.49. The number of rotatable bonds is 3. The highest BCUT2D eigenvalue weighted by Gasteiger charge is 2.08. The summed E-state index contributed by atoms with van der Waals surface area (Å²) in [5.41, 5.74) is 10.7. The van der Waals surface area contributed by atoms with Crippen molar-refractivity contribution in [1.29, 1.82) is 0 Å². The van der Waals surface area contributed by atoms with Crippen molar-refractivity contribution < 1.29 is 4.74 Å². The van der Waals surface area contributed by atoms with Crippen LogP contribution in [0.5, 0.6) is 5.75 Å². The summed E-state index contributed by atoms with van der Waals surface area (Å²) in [5, 5.41) is 0. The lowest BCUT2D eigenvalue weighted by Crippen LogP contribution is -2.01. The standard InChI is InChI=1S/C16H17N3O/c1-11-7-12(2)16(14(17)8-11)20-10-13-9-19-6-4-3-5-15(19)18-13/h3-9H,10,17H2,1-2H3. The molecule has 0 aliphatic carbocycles. The number of benzene rings is 1. The molecule has 0 unspecified atom stereocenters. The predicted molar refractivity (Wildman–Crippen MR) is 79.9 cm³/mol. The quantitative estimate of drug-likeness (QED) is 0.742. The molecule has 2 heterocycles. The van der Waals surface area contributed by atoms with Gasteiger partial charge in [0.05, 0.1) is 11.4 Å². The maximum atomic E-state index is 6.01. The normalized spacial score (nSPS) is 10.9. The molecule has 2 aromatic heterocycles. The third-order valence-electron chi connectivity index (χ3n) is 3.23. The zero-order valence-electron chi connectivity index (χ0n) is 11.6. The van der Waals surface area contributed by atoms with Crippen molar-refractivity contribution in [2.45, 2.75) is 20.5 Å². The van der Waals surface area contributed by atoms with Gasteiger partial charge in [-0.3, -0.25) is 0 Å². The largest absolute Gasteiger partial charge is 0.485 e. The van der Waals surface area contributed by atoms with Crippen LogP contribution in [0, 0.1) is 13.8 Å². The fraction of sp³-hybridized carbons (Fsp3) is 0.188. The fourth-order valence-electron chi connectivity index (χ4n) is 2.39. The lowest BCUT2D eigenvalue weighted by Gasteiger charge is -2.11. The summed E-state index contributed by atoms with van der Waals surface area (Å²) in [6.45, 7) is 4.44. The van der Waals surface area contributed by atoms with Crippen molar-refractivity contribution >= 4 is 11.3 Å². The van der Waals surface area contributed by atoms with Gasteiger partial charge in [-0.15, -0.1) is 0 Å². The summed E-state index contributed by atoms with van der Waals surface area (Å²) in [4.78, 5) is 4.50. The minimum atomic E-state index is 0.412. The van der Waals surface area contributed by atoms with E-state index in [2.05, 4.69) is 11.1 Å². The van der Waals surface area contributed by atoms with Crippen molar-refractivity contribution in [2.75, 3.05) is 5.73 Å². The number of ether oxygens (including phenoxy) is 1. The molecular formula is C16H17N3O. The Morgan fingerprint density at radius 2 is 2.10 bits per heavy atom. The number of nitrogen functional groups attached to an aromatic ring is 1. The molecule has 0 bridgehead atoms. The smallest absolute Gasteiger partial charge is 0.145 e. The number of anilines is 1. The van der Waals surface area contributed by atoms with E-state index in [1.807, 2.05) is 54.9 Å². The molecule has 20 heavy (non-hydrogen) atoms. The number of pyridine rings is 1. The van der Waals surface area contributed by atoms with Gasteiger partial charge in [0.1, 0.15) is 18.0 Å². The highest BCUT2D eigenvalue weighted by molar-refractivity contribution is 5.58. The number of aryl methyl sites for hydroxylation is 2. The van der Waals surface area contributed by atoms with Gasteiger partial charge in [-0.05, 0) is 43.2 Å². The second kappa shape index (κ2) is 4.89. The van der Waals surface area contributed by atoms with Crippen LogP contribution in [0.4, 0.5) is 5.69 Å². The SMILES string of the molecule is Cc1cc(C)c(OCc2cn3ccccc3n2)c(N)c1. The lowest BCUT2D eigenvalue weighted by atomic mass is 10.1. The molecule has 0 fully saturated rings. The van der Waals surface area contributed by atoms with Crippen LogP contribution < -0.4 is 10.5 Å². The predicted octanol–water partition coefficient (Wildman–Crippen LogP) is 3.11.